The summed E-state index contributed by atoms with van der Waals surface area (Å²) in [6.45, 7) is 7.60. The van der Waals surface area contributed by atoms with Gasteiger partial charge in [0.15, 0.2) is 5.69 Å². The number of hydrogen-bond donors (Lipinski definition) is 5. The summed E-state index contributed by atoms with van der Waals surface area (Å²) in [5, 5.41) is 22.3. The molecule has 2 aliphatic carbocycles. The fourth-order valence-corrected chi connectivity index (χ4v) is 9.54. The summed E-state index contributed by atoms with van der Waals surface area (Å²) < 4.78 is 40.0. The Morgan fingerprint density at radius 3 is 2.17 bits per heavy atom. The summed E-state index contributed by atoms with van der Waals surface area (Å²) in [5.74, 6) is -3.70. The van der Waals surface area contributed by atoms with Crippen molar-refractivity contribution in [3.8, 4) is 5.88 Å². The van der Waals surface area contributed by atoms with Crippen LogP contribution in [0.4, 0.5) is 20.2 Å². The van der Waals surface area contributed by atoms with Crippen LogP contribution >= 0.6 is 0 Å². The van der Waals surface area contributed by atoms with Crippen molar-refractivity contribution in [3.05, 3.63) is 126 Å². The smallest absolute Gasteiger partial charge is 0.278 e. The normalized spacial score (nSPS) is 22.9. The largest absolute Gasteiger partial charge is 0.473 e. The number of amides is 4. The zero-order valence-corrected chi connectivity index (χ0v) is 36.2. The lowest BCUT2D eigenvalue weighted by molar-refractivity contribution is 0.0225. The van der Waals surface area contributed by atoms with E-state index in [1.807, 2.05) is 13.8 Å². The van der Waals surface area contributed by atoms with Gasteiger partial charge in [0.05, 0.1) is 23.2 Å². The van der Waals surface area contributed by atoms with E-state index in [9.17, 15) is 24.3 Å². The third kappa shape index (κ3) is 9.47. The molecule has 0 spiro atoms. The molecule has 2 aliphatic rings. The number of benzene rings is 2. The van der Waals surface area contributed by atoms with Gasteiger partial charge in [0.2, 0.25) is 5.88 Å². The number of anilines is 2. The van der Waals surface area contributed by atoms with E-state index in [-0.39, 0.29) is 57.6 Å². The topological polar surface area (TPSA) is 180 Å². The molecule has 2 aromatic carbocycles. The molecule has 16 heteroatoms. The predicted octanol–water partition coefficient (Wildman–Crippen LogP) is 7.97. The van der Waals surface area contributed by atoms with Crippen molar-refractivity contribution in [2.45, 2.75) is 102 Å². The number of nitrogens with one attached hydrogen (secondary N) is 4. The number of carbonyl (C=O) groups is 4. The number of halogens is 2. The van der Waals surface area contributed by atoms with Crippen LogP contribution in [-0.2, 0) is 0 Å². The van der Waals surface area contributed by atoms with Crippen LogP contribution in [0.15, 0.2) is 91.4 Å². The van der Waals surface area contributed by atoms with Crippen molar-refractivity contribution in [2.75, 3.05) is 10.6 Å². The third-order valence-corrected chi connectivity index (χ3v) is 12.5. The predicted molar refractivity (Wildman–Crippen MR) is 237 cm³/mol. The number of hydrogen-bond acceptors (Lipinski definition) is 8. The molecule has 0 saturated heterocycles. The Bertz CT molecular complexity index is 2750. The molecule has 8 rings (SSSR count). The minimum atomic E-state index is -0.958. The molecule has 6 aromatic rings. The molecular formula is C48H52F2N8O6. The molecule has 14 nitrogen and oxygen atoms in total. The summed E-state index contributed by atoms with van der Waals surface area (Å²) in [6, 6.07) is 17.6. The quantitative estimate of drug-likeness (QED) is 0.0813. The van der Waals surface area contributed by atoms with Crippen LogP contribution in [0.5, 0.6) is 5.88 Å². The van der Waals surface area contributed by atoms with Gasteiger partial charge < -0.3 is 31.1 Å². The van der Waals surface area contributed by atoms with E-state index in [0.29, 0.717) is 43.4 Å². The maximum atomic E-state index is 15.4. The second-order valence-electron chi connectivity index (χ2n) is 18.0. The van der Waals surface area contributed by atoms with Crippen molar-refractivity contribution < 1.29 is 37.8 Å². The Labute approximate surface area is 368 Å². The molecular weight excluding hydrogens is 823 g/mol. The number of ether oxygens (including phenoxy) is 1. The van der Waals surface area contributed by atoms with Gasteiger partial charge in [-0.05, 0) is 126 Å². The van der Waals surface area contributed by atoms with Crippen molar-refractivity contribution in [1.29, 1.82) is 0 Å². The molecule has 334 valence electrons. The number of nitrogens with zero attached hydrogens (tertiary/aromatic N) is 4. The molecule has 0 bridgehead atoms. The van der Waals surface area contributed by atoms with Gasteiger partial charge in [-0.1, -0.05) is 31.9 Å². The third-order valence-electron chi connectivity index (χ3n) is 12.5. The summed E-state index contributed by atoms with van der Waals surface area (Å²) in [6.07, 6.45) is 9.58. The molecule has 6 atom stereocenters. The molecule has 2 fully saturated rings. The first-order chi connectivity index (χ1) is 30.6. The van der Waals surface area contributed by atoms with Gasteiger partial charge in [0.1, 0.15) is 34.7 Å². The van der Waals surface area contributed by atoms with Crippen LogP contribution in [0, 0.1) is 23.5 Å². The maximum Gasteiger partial charge on any atom is 0.278 e. The van der Waals surface area contributed by atoms with Crippen molar-refractivity contribution in [1.82, 2.24) is 29.4 Å². The number of carbonyl (C=O) groups excluding carboxylic acids is 4. The monoisotopic (exact) mass is 874 g/mol. The lowest BCUT2D eigenvalue weighted by atomic mass is 9.81. The number of rotatable bonds is 11. The Morgan fingerprint density at radius 2 is 1.45 bits per heavy atom. The number of fused-ring (bicyclic) bond motifs is 2. The van der Waals surface area contributed by atoms with Gasteiger partial charge in [0.25, 0.3) is 23.6 Å². The minimum Gasteiger partial charge on any atom is -0.473 e. The van der Waals surface area contributed by atoms with Crippen molar-refractivity contribution in [3.63, 3.8) is 0 Å². The number of aliphatic hydroxyl groups is 1. The first-order valence-electron chi connectivity index (χ1n) is 21.7. The second kappa shape index (κ2) is 17.8. The van der Waals surface area contributed by atoms with Gasteiger partial charge in [-0.3, -0.25) is 28.0 Å². The Hall–Kier alpha value is -6.68. The average Bonchev–Trinajstić information content (AvgIpc) is 3.83. The van der Waals surface area contributed by atoms with Crippen LogP contribution in [0.3, 0.4) is 0 Å². The van der Waals surface area contributed by atoms with E-state index in [1.54, 1.807) is 60.1 Å². The Balaban J connectivity index is 0.973. The minimum absolute atomic E-state index is 0.0000938. The van der Waals surface area contributed by atoms with E-state index in [0.717, 1.165) is 31.4 Å². The number of pyridine rings is 2. The van der Waals surface area contributed by atoms with E-state index in [4.69, 9.17) is 4.74 Å². The average molecular weight is 875 g/mol. The fraction of sp³-hybridized carbons (Fsp3) is 0.375. The Kier molecular flexibility index (Phi) is 12.2. The van der Waals surface area contributed by atoms with Gasteiger partial charge in [0, 0.05) is 41.0 Å². The van der Waals surface area contributed by atoms with E-state index < -0.39 is 52.5 Å². The van der Waals surface area contributed by atoms with Gasteiger partial charge >= 0.3 is 0 Å². The van der Waals surface area contributed by atoms with E-state index in [2.05, 4.69) is 38.2 Å². The molecule has 4 heterocycles. The standard InChI is InChI=1S/C48H52F2N8O6/c1-28-19-20-48(4,63)27-47(3,25-28)56-43(60)31-16-18-34(50)37(24-31)54-45(62)41-46(55-40-14-8-10-22-58(40)41)64-29(2)32-11-5-6-12-35(32)52-42(59)30-15-17-33(49)36(23-30)53-44(61)38-26-51-39-13-7-9-21-57(38)39/h7-10,13-18,21-24,26,28-29,32,35,63H,5-6,11-12,19-20,25,27H2,1-4H3,(H,52,59)(H,53,61)(H,54,62)(H,56,60). The molecule has 5 N–H and O–H groups in total. The zero-order valence-electron chi connectivity index (χ0n) is 36.2. The van der Waals surface area contributed by atoms with Crippen LogP contribution in [0.25, 0.3) is 11.3 Å². The van der Waals surface area contributed by atoms with Gasteiger partial charge in [-0.2, -0.15) is 4.98 Å². The molecule has 4 amide bonds. The first kappa shape index (κ1) is 43.9. The highest BCUT2D eigenvalue weighted by atomic mass is 19.1. The van der Waals surface area contributed by atoms with E-state index >= 15 is 8.78 Å². The summed E-state index contributed by atoms with van der Waals surface area (Å²) in [5.41, 5.74) is -0.634. The lowest BCUT2D eigenvalue weighted by Crippen LogP contribution is -2.50. The van der Waals surface area contributed by atoms with Gasteiger partial charge in [-0.25, -0.2) is 13.8 Å². The van der Waals surface area contributed by atoms with Crippen LogP contribution < -0.4 is 26.0 Å². The fourth-order valence-electron chi connectivity index (χ4n) is 9.54. The Morgan fingerprint density at radius 1 is 0.812 bits per heavy atom. The van der Waals surface area contributed by atoms with Crippen LogP contribution in [0.1, 0.15) is 121 Å². The van der Waals surface area contributed by atoms with Crippen molar-refractivity contribution in [2.24, 2.45) is 11.8 Å². The molecule has 2 saturated carbocycles. The number of imidazole rings is 2. The molecule has 6 unspecified atom stereocenters. The lowest BCUT2D eigenvalue weighted by Gasteiger charge is -2.36. The van der Waals surface area contributed by atoms with Crippen molar-refractivity contribution >= 4 is 46.3 Å². The highest BCUT2D eigenvalue weighted by molar-refractivity contribution is 6.06. The summed E-state index contributed by atoms with van der Waals surface area (Å²) in [7, 11) is 0. The van der Waals surface area contributed by atoms with Gasteiger partial charge in [-0.15, -0.1) is 0 Å². The molecule has 0 aliphatic heterocycles. The number of aromatic nitrogens is 4. The maximum absolute atomic E-state index is 15.4. The molecule has 0 radical (unpaired) electrons. The van der Waals surface area contributed by atoms with Crippen LogP contribution in [0.2, 0.25) is 0 Å². The van der Waals surface area contributed by atoms with Crippen LogP contribution in [-0.4, -0.2) is 70.8 Å². The first-order valence-corrected chi connectivity index (χ1v) is 21.7. The SMILES string of the molecule is CC1CCC(C)(O)CC(C)(NC(=O)c2ccc(F)c(NC(=O)c3c(OC(C)C4CCCCC4NC(=O)c4ccc(F)c(NC(=O)c5cnc6ccccn56)c4)nc4ccccn34)c2)C1. The highest BCUT2D eigenvalue weighted by Gasteiger charge is 2.40. The summed E-state index contributed by atoms with van der Waals surface area (Å²) in [4.78, 5) is 63.5. The second-order valence-corrected chi connectivity index (χ2v) is 18.0. The molecule has 64 heavy (non-hydrogen) atoms. The van der Waals surface area contributed by atoms with E-state index in [1.165, 1.54) is 34.9 Å². The highest BCUT2D eigenvalue weighted by Crippen LogP contribution is 2.37. The zero-order chi connectivity index (χ0) is 45.3. The molecule has 4 aromatic heterocycles. The summed E-state index contributed by atoms with van der Waals surface area (Å²) >= 11 is 0.